The second kappa shape index (κ2) is 6.29. The van der Waals surface area contributed by atoms with Gasteiger partial charge in [0.05, 0.1) is 18.8 Å². The normalized spacial score (nSPS) is 32.4. The molecule has 1 aromatic rings. The predicted octanol–water partition coefficient (Wildman–Crippen LogP) is 1.71. The minimum Gasteiger partial charge on any atom is -0.390 e. The predicted molar refractivity (Wildman–Crippen MR) is 67.0 cm³/mol. The average molecular weight is 252 g/mol. The molecular weight excluding hydrogens is 232 g/mol. The number of hydrogen-bond acceptors (Lipinski definition) is 4. The topological polar surface area (TPSA) is 47.9 Å². The lowest BCUT2D eigenvalue weighted by Crippen LogP contribution is -2.49. The van der Waals surface area contributed by atoms with Crippen LogP contribution in [0.4, 0.5) is 0 Å². The number of ether oxygens (including phenoxy) is 3. The van der Waals surface area contributed by atoms with E-state index in [0.717, 1.165) is 5.56 Å². The number of benzene rings is 1. The van der Waals surface area contributed by atoms with Gasteiger partial charge in [0, 0.05) is 13.5 Å². The van der Waals surface area contributed by atoms with Gasteiger partial charge in [-0.2, -0.15) is 0 Å². The van der Waals surface area contributed by atoms with E-state index in [2.05, 4.69) is 0 Å². The van der Waals surface area contributed by atoms with Crippen molar-refractivity contribution in [2.24, 2.45) is 0 Å². The molecule has 100 valence electrons. The van der Waals surface area contributed by atoms with Crippen LogP contribution < -0.4 is 0 Å². The van der Waals surface area contributed by atoms with Crippen LogP contribution in [-0.2, 0) is 20.8 Å². The molecule has 1 aliphatic rings. The molecule has 1 fully saturated rings. The molecule has 4 atom stereocenters. The maximum atomic E-state index is 10.0. The van der Waals surface area contributed by atoms with Crippen molar-refractivity contribution in [2.75, 3.05) is 7.11 Å². The van der Waals surface area contributed by atoms with E-state index in [9.17, 15) is 5.11 Å². The maximum absolute atomic E-state index is 10.0. The molecular formula is C14H20O4. The van der Waals surface area contributed by atoms with Crippen LogP contribution in [-0.4, -0.2) is 36.8 Å². The first-order chi connectivity index (χ1) is 8.70. The van der Waals surface area contributed by atoms with Crippen molar-refractivity contribution in [3.8, 4) is 0 Å². The molecule has 0 spiro atoms. The van der Waals surface area contributed by atoms with Crippen LogP contribution in [0.3, 0.4) is 0 Å². The molecule has 4 nitrogen and oxygen atoms in total. The molecule has 1 aromatic carbocycles. The fourth-order valence-corrected chi connectivity index (χ4v) is 2.16. The molecule has 4 heteroatoms. The van der Waals surface area contributed by atoms with Gasteiger partial charge >= 0.3 is 0 Å². The van der Waals surface area contributed by atoms with Gasteiger partial charge in [0.1, 0.15) is 6.10 Å². The van der Waals surface area contributed by atoms with E-state index >= 15 is 0 Å². The quantitative estimate of drug-likeness (QED) is 0.886. The van der Waals surface area contributed by atoms with Crippen molar-refractivity contribution in [1.29, 1.82) is 0 Å². The van der Waals surface area contributed by atoms with E-state index in [1.165, 1.54) is 0 Å². The van der Waals surface area contributed by atoms with Gasteiger partial charge in [-0.05, 0) is 12.5 Å². The minimum absolute atomic E-state index is 0.0125. The Hall–Kier alpha value is -0.940. The zero-order valence-corrected chi connectivity index (χ0v) is 10.8. The summed E-state index contributed by atoms with van der Waals surface area (Å²) in [5.74, 6) is 0. The standard InChI is InChI=1S/C14H20O4/c1-10-8-12(15)13(14(16-2)18-10)17-9-11-6-4-3-5-7-11/h3-7,10,12-15H,8-9H2,1-2H3. The van der Waals surface area contributed by atoms with Gasteiger partial charge < -0.3 is 19.3 Å². The fraction of sp³-hybridized carbons (Fsp3) is 0.571. The van der Waals surface area contributed by atoms with Crippen molar-refractivity contribution in [2.45, 2.75) is 44.6 Å². The first-order valence-corrected chi connectivity index (χ1v) is 6.22. The molecule has 0 bridgehead atoms. The summed E-state index contributed by atoms with van der Waals surface area (Å²) in [4.78, 5) is 0. The smallest absolute Gasteiger partial charge is 0.186 e. The number of aliphatic hydroxyl groups is 1. The summed E-state index contributed by atoms with van der Waals surface area (Å²) in [5, 5.41) is 10.0. The third kappa shape index (κ3) is 3.29. The summed E-state index contributed by atoms with van der Waals surface area (Å²) >= 11 is 0. The van der Waals surface area contributed by atoms with Gasteiger partial charge in [-0.1, -0.05) is 30.3 Å². The molecule has 1 N–H and O–H groups in total. The Bertz CT molecular complexity index is 354. The molecule has 0 aliphatic carbocycles. The first-order valence-electron chi connectivity index (χ1n) is 6.22. The Morgan fingerprint density at radius 1 is 1.33 bits per heavy atom. The molecule has 0 saturated carbocycles. The largest absolute Gasteiger partial charge is 0.390 e. The van der Waals surface area contributed by atoms with E-state index < -0.39 is 18.5 Å². The fourth-order valence-electron chi connectivity index (χ4n) is 2.16. The zero-order chi connectivity index (χ0) is 13.0. The molecule has 1 aliphatic heterocycles. The number of aliphatic hydroxyl groups excluding tert-OH is 1. The highest BCUT2D eigenvalue weighted by Crippen LogP contribution is 2.24. The van der Waals surface area contributed by atoms with Crippen LogP contribution in [0.5, 0.6) is 0 Å². The zero-order valence-electron chi connectivity index (χ0n) is 10.8. The van der Waals surface area contributed by atoms with Crippen molar-refractivity contribution in [3.63, 3.8) is 0 Å². The molecule has 0 radical (unpaired) electrons. The van der Waals surface area contributed by atoms with Crippen molar-refractivity contribution in [1.82, 2.24) is 0 Å². The van der Waals surface area contributed by atoms with E-state index in [1.807, 2.05) is 37.3 Å². The Balaban J connectivity index is 1.94. The first kappa shape index (κ1) is 13.5. The van der Waals surface area contributed by atoms with Crippen LogP contribution in [0.15, 0.2) is 30.3 Å². The second-order valence-corrected chi connectivity index (χ2v) is 4.62. The monoisotopic (exact) mass is 252 g/mol. The minimum atomic E-state index is -0.553. The summed E-state index contributed by atoms with van der Waals surface area (Å²) in [6.07, 6.45) is -0.943. The summed E-state index contributed by atoms with van der Waals surface area (Å²) in [5.41, 5.74) is 1.07. The summed E-state index contributed by atoms with van der Waals surface area (Å²) in [6, 6.07) is 9.85. The van der Waals surface area contributed by atoms with E-state index in [-0.39, 0.29) is 6.10 Å². The van der Waals surface area contributed by atoms with Crippen LogP contribution >= 0.6 is 0 Å². The van der Waals surface area contributed by atoms with Crippen LogP contribution in [0.2, 0.25) is 0 Å². The third-order valence-corrected chi connectivity index (χ3v) is 3.10. The van der Waals surface area contributed by atoms with Crippen molar-refractivity contribution in [3.05, 3.63) is 35.9 Å². The highest BCUT2D eigenvalue weighted by molar-refractivity contribution is 5.13. The second-order valence-electron chi connectivity index (χ2n) is 4.62. The number of hydrogen-bond donors (Lipinski definition) is 1. The van der Waals surface area contributed by atoms with Gasteiger partial charge in [0.2, 0.25) is 0 Å². The SMILES string of the molecule is COC1OC(C)CC(O)C1OCc1ccccc1. The Morgan fingerprint density at radius 2 is 2.06 bits per heavy atom. The summed E-state index contributed by atoms with van der Waals surface area (Å²) in [7, 11) is 1.56. The van der Waals surface area contributed by atoms with Crippen LogP contribution in [0.1, 0.15) is 18.9 Å². The summed E-state index contributed by atoms with van der Waals surface area (Å²) in [6.45, 7) is 2.36. The molecule has 1 saturated heterocycles. The van der Waals surface area contributed by atoms with Crippen LogP contribution in [0, 0.1) is 0 Å². The number of rotatable bonds is 4. The van der Waals surface area contributed by atoms with E-state index in [1.54, 1.807) is 7.11 Å². The van der Waals surface area contributed by atoms with Crippen molar-refractivity contribution < 1.29 is 19.3 Å². The molecule has 0 amide bonds. The maximum Gasteiger partial charge on any atom is 0.186 e. The number of methoxy groups -OCH3 is 1. The van der Waals surface area contributed by atoms with Gasteiger partial charge in [0.15, 0.2) is 6.29 Å². The molecule has 1 heterocycles. The van der Waals surface area contributed by atoms with Gasteiger partial charge in [-0.15, -0.1) is 0 Å². The molecule has 2 rings (SSSR count). The van der Waals surface area contributed by atoms with E-state index in [4.69, 9.17) is 14.2 Å². The highest BCUT2D eigenvalue weighted by atomic mass is 16.7. The lowest BCUT2D eigenvalue weighted by molar-refractivity contribution is -0.268. The van der Waals surface area contributed by atoms with Gasteiger partial charge in [-0.3, -0.25) is 0 Å². The summed E-state index contributed by atoms with van der Waals surface area (Å²) < 4.78 is 16.6. The van der Waals surface area contributed by atoms with Crippen LogP contribution in [0.25, 0.3) is 0 Å². The Kier molecular flexibility index (Phi) is 4.72. The average Bonchev–Trinajstić information content (AvgIpc) is 2.38. The lowest BCUT2D eigenvalue weighted by atomic mass is 10.0. The molecule has 18 heavy (non-hydrogen) atoms. The van der Waals surface area contributed by atoms with Gasteiger partial charge in [0.25, 0.3) is 0 Å². The van der Waals surface area contributed by atoms with E-state index in [0.29, 0.717) is 13.0 Å². The van der Waals surface area contributed by atoms with Crippen molar-refractivity contribution >= 4 is 0 Å². The highest BCUT2D eigenvalue weighted by Gasteiger charge is 2.37. The Morgan fingerprint density at radius 3 is 2.72 bits per heavy atom. The molecule has 0 aromatic heterocycles. The molecule has 4 unspecified atom stereocenters. The third-order valence-electron chi connectivity index (χ3n) is 3.10. The Labute approximate surface area is 107 Å². The lowest BCUT2D eigenvalue weighted by Gasteiger charge is -2.37. The van der Waals surface area contributed by atoms with Gasteiger partial charge in [-0.25, -0.2) is 0 Å².